The molecule has 3 aliphatic rings. The van der Waals surface area contributed by atoms with E-state index in [0.717, 1.165) is 32.1 Å². The highest BCUT2D eigenvalue weighted by atomic mass is 16.4. The van der Waals surface area contributed by atoms with Crippen LogP contribution in [0.1, 0.15) is 92.4 Å². The lowest BCUT2D eigenvalue weighted by atomic mass is 9.83. The summed E-state index contributed by atoms with van der Waals surface area (Å²) in [5.41, 5.74) is 4.05. The maximum atomic E-state index is 14.2. The molecule has 1 unspecified atom stereocenters. The molecule has 12 nitrogen and oxygen atoms in total. The van der Waals surface area contributed by atoms with E-state index in [2.05, 4.69) is 16.0 Å². The quantitative estimate of drug-likeness (QED) is 0.231. The Labute approximate surface area is 241 Å². The van der Waals surface area contributed by atoms with E-state index in [1.165, 1.54) is 4.90 Å². The van der Waals surface area contributed by atoms with Gasteiger partial charge in [-0.25, -0.2) is 9.59 Å². The molecule has 230 valence electrons. The van der Waals surface area contributed by atoms with Gasteiger partial charge in [0.25, 0.3) is 5.91 Å². The number of carbonyl (C=O) groups is 6. The van der Waals surface area contributed by atoms with E-state index in [0.29, 0.717) is 25.7 Å². The highest BCUT2D eigenvalue weighted by Crippen LogP contribution is 2.37. The number of ketones is 1. The number of aliphatic carboxylic acids is 1. The maximum Gasteiger partial charge on any atom is 0.326 e. The molecule has 1 saturated heterocycles. The topological polar surface area (TPSA) is 188 Å². The summed E-state index contributed by atoms with van der Waals surface area (Å²) in [6, 6.07) is -4.84. The highest BCUT2D eigenvalue weighted by molar-refractivity contribution is 6.37. The molecule has 0 aromatic rings. The van der Waals surface area contributed by atoms with Crippen LogP contribution in [0.2, 0.25) is 0 Å². The molecule has 12 heteroatoms. The lowest BCUT2D eigenvalue weighted by Crippen LogP contribution is -2.60. The third kappa shape index (κ3) is 8.65. The van der Waals surface area contributed by atoms with Crippen LogP contribution in [-0.4, -0.2) is 76.2 Å². The molecule has 0 aromatic heterocycles. The second kappa shape index (κ2) is 12.8. The molecule has 0 bridgehead atoms. The van der Waals surface area contributed by atoms with Crippen molar-refractivity contribution in [3.05, 3.63) is 0 Å². The summed E-state index contributed by atoms with van der Waals surface area (Å²) in [6.45, 7) is 9.23. The molecule has 1 aliphatic heterocycles. The molecule has 2 aliphatic carbocycles. The second-order valence-corrected chi connectivity index (χ2v) is 13.9. The predicted octanol–water partition coefficient (Wildman–Crippen LogP) is 1.70. The van der Waals surface area contributed by atoms with E-state index in [1.54, 1.807) is 20.8 Å². The number of hydrogen-bond donors (Lipinski definition) is 5. The molecule has 41 heavy (non-hydrogen) atoms. The predicted molar refractivity (Wildman–Crippen MR) is 150 cm³/mol. The number of hydrogen-bond acceptors (Lipinski definition) is 6. The van der Waals surface area contributed by atoms with E-state index >= 15 is 0 Å². The summed E-state index contributed by atoms with van der Waals surface area (Å²) in [5.74, 6) is -4.04. The lowest BCUT2D eigenvalue weighted by Gasteiger charge is -2.36. The minimum Gasteiger partial charge on any atom is -0.480 e. The van der Waals surface area contributed by atoms with Crippen LogP contribution in [0.15, 0.2) is 0 Å². The van der Waals surface area contributed by atoms with E-state index in [-0.39, 0.29) is 18.4 Å². The van der Waals surface area contributed by atoms with Gasteiger partial charge < -0.3 is 31.7 Å². The fourth-order valence-electron chi connectivity index (χ4n) is 6.08. The van der Waals surface area contributed by atoms with Gasteiger partial charge in [0.1, 0.15) is 18.1 Å². The molecule has 5 amide bonds. The number of primary amides is 1. The largest absolute Gasteiger partial charge is 0.480 e. The molecular weight excluding hydrogens is 530 g/mol. The molecule has 0 spiro atoms. The minimum absolute atomic E-state index is 0.175. The Kier molecular flexibility index (Phi) is 10.1. The van der Waals surface area contributed by atoms with Crippen molar-refractivity contribution in [1.82, 2.24) is 20.9 Å². The molecule has 1 heterocycles. The van der Waals surface area contributed by atoms with Crippen LogP contribution in [0.4, 0.5) is 4.79 Å². The minimum atomic E-state index is -1.18. The summed E-state index contributed by atoms with van der Waals surface area (Å²) in [4.78, 5) is 78.2. The van der Waals surface area contributed by atoms with E-state index < -0.39 is 70.5 Å². The van der Waals surface area contributed by atoms with Gasteiger partial charge in [0.15, 0.2) is 0 Å². The SMILES string of the molecule is CC1(C)C[C@@H](C(=O)NC(CC2CC2)C(=O)C(N)=O)N(C(=O)[C@@H](NC(=O)N[C@H](C(=O)O)C(C)(C)C)C2CCCCC2)C1. The van der Waals surface area contributed by atoms with Crippen LogP contribution in [0.25, 0.3) is 0 Å². The molecule has 3 fully saturated rings. The van der Waals surface area contributed by atoms with Gasteiger partial charge in [-0.05, 0) is 48.3 Å². The molecular formula is C29H47N5O7. The summed E-state index contributed by atoms with van der Waals surface area (Å²) in [6.07, 6.45) is 6.71. The summed E-state index contributed by atoms with van der Waals surface area (Å²) in [7, 11) is 0. The number of carboxylic acids is 1. The number of likely N-dealkylation sites (tertiary alicyclic amines) is 1. The first-order chi connectivity index (χ1) is 19.0. The maximum absolute atomic E-state index is 14.2. The van der Waals surface area contributed by atoms with E-state index in [9.17, 15) is 33.9 Å². The molecule has 0 radical (unpaired) electrons. The van der Waals surface area contributed by atoms with Gasteiger partial charge in [-0.2, -0.15) is 0 Å². The molecule has 3 rings (SSSR count). The van der Waals surface area contributed by atoms with Crippen molar-refractivity contribution in [3.8, 4) is 0 Å². The van der Waals surface area contributed by atoms with Crippen LogP contribution in [-0.2, 0) is 24.0 Å². The zero-order chi connectivity index (χ0) is 30.7. The van der Waals surface area contributed by atoms with Crippen molar-refractivity contribution < 1.29 is 33.9 Å². The van der Waals surface area contributed by atoms with Crippen molar-refractivity contribution in [3.63, 3.8) is 0 Å². The van der Waals surface area contributed by atoms with Gasteiger partial charge in [-0.3, -0.25) is 19.2 Å². The fourth-order valence-corrected chi connectivity index (χ4v) is 6.08. The molecule has 0 aromatic carbocycles. The van der Waals surface area contributed by atoms with Crippen molar-refractivity contribution in [1.29, 1.82) is 0 Å². The Bertz CT molecular complexity index is 1040. The van der Waals surface area contributed by atoms with Gasteiger partial charge in [-0.15, -0.1) is 0 Å². The smallest absolute Gasteiger partial charge is 0.326 e. The van der Waals surface area contributed by atoms with E-state index in [1.807, 2.05) is 13.8 Å². The zero-order valence-corrected chi connectivity index (χ0v) is 25.0. The Morgan fingerprint density at radius 1 is 0.951 bits per heavy atom. The molecule has 6 N–H and O–H groups in total. The Morgan fingerprint density at radius 2 is 1.56 bits per heavy atom. The Hall–Kier alpha value is -3.18. The average molecular weight is 578 g/mol. The van der Waals surface area contributed by atoms with Gasteiger partial charge >= 0.3 is 12.0 Å². The number of nitrogens with one attached hydrogen (secondary N) is 3. The fraction of sp³-hybridized carbons (Fsp3) is 0.793. The van der Waals surface area contributed by atoms with Gasteiger partial charge in [0.05, 0.1) is 6.04 Å². The number of Topliss-reactive ketones (excluding diaryl/α,β-unsaturated/α-hetero) is 1. The van der Waals surface area contributed by atoms with Crippen molar-refractivity contribution in [2.24, 2.45) is 28.4 Å². The van der Waals surface area contributed by atoms with Crippen LogP contribution in [0, 0.1) is 22.7 Å². The number of urea groups is 1. The number of rotatable bonds is 11. The first-order valence-corrected chi connectivity index (χ1v) is 14.7. The normalized spacial score (nSPS) is 23.1. The average Bonchev–Trinajstić information content (AvgIpc) is 3.64. The molecule has 2 saturated carbocycles. The summed E-state index contributed by atoms with van der Waals surface area (Å²) in [5, 5.41) is 17.6. The monoisotopic (exact) mass is 577 g/mol. The van der Waals surface area contributed by atoms with Gasteiger partial charge in [-0.1, -0.05) is 66.7 Å². The van der Waals surface area contributed by atoms with Crippen molar-refractivity contribution in [2.45, 2.75) is 117 Å². The van der Waals surface area contributed by atoms with Gasteiger partial charge in [0, 0.05) is 6.54 Å². The number of nitrogens with zero attached hydrogens (tertiary/aromatic N) is 1. The van der Waals surface area contributed by atoms with Crippen LogP contribution < -0.4 is 21.7 Å². The lowest BCUT2D eigenvalue weighted by molar-refractivity contribution is -0.143. The Morgan fingerprint density at radius 3 is 2.07 bits per heavy atom. The Balaban J connectivity index is 1.83. The summed E-state index contributed by atoms with van der Waals surface area (Å²) < 4.78 is 0. The van der Waals surface area contributed by atoms with Crippen LogP contribution in [0.5, 0.6) is 0 Å². The van der Waals surface area contributed by atoms with Crippen LogP contribution in [0.3, 0.4) is 0 Å². The third-order valence-electron chi connectivity index (χ3n) is 8.51. The zero-order valence-electron chi connectivity index (χ0n) is 25.0. The highest BCUT2D eigenvalue weighted by Gasteiger charge is 2.48. The van der Waals surface area contributed by atoms with Gasteiger partial charge in [0.2, 0.25) is 17.6 Å². The number of amides is 5. The number of carboxylic acid groups (broad SMARTS) is 1. The van der Waals surface area contributed by atoms with E-state index in [4.69, 9.17) is 5.73 Å². The third-order valence-corrected chi connectivity index (χ3v) is 8.51. The number of nitrogens with two attached hydrogens (primary N) is 1. The van der Waals surface area contributed by atoms with Crippen molar-refractivity contribution in [2.75, 3.05) is 6.54 Å². The number of carbonyl (C=O) groups excluding carboxylic acids is 5. The summed E-state index contributed by atoms with van der Waals surface area (Å²) >= 11 is 0. The molecule has 4 atom stereocenters. The van der Waals surface area contributed by atoms with Crippen LogP contribution >= 0.6 is 0 Å². The van der Waals surface area contributed by atoms with Crippen molar-refractivity contribution >= 4 is 35.5 Å². The second-order valence-electron chi connectivity index (χ2n) is 13.9. The first kappa shape index (κ1) is 32.3. The first-order valence-electron chi connectivity index (χ1n) is 14.7. The standard InChI is InChI=1S/C29H47N5O7/c1-28(2,3)22(26(39)40)33-27(41)32-20(17-9-7-6-8-10-17)25(38)34-15-29(4,5)14-19(34)24(37)31-18(13-16-11-12-16)21(35)23(30)36/h16-20,22H,6-15H2,1-5H3,(H2,30,36)(H,31,37)(H,39,40)(H2,32,33,41)/t18?,19-,20-,22+/m0/s1.